The van der Waals surface area contributed by atoms with Crippen molar-refractivity contribution < 1.29 is 23.5 Å². The molecule has 0 spiro atoms. The Bertz CT molecular complexity index is 2200. The first kappa shape index (κ1) is 24.7. The summed E-state index contributed by atoms with van der Waals surface area (Å²) in [5.74, 6) is 5.70. The van der Waals surface area contributed by atoms with Crippen molar-refractivity contribution >= 4 is 52.7 Å². The van der Waals surface area contributed by atoms with E-state index in [1.165, 1.54) is 0 Å². The van der Waals surface area contributed by atoms with Gasteiger partial charge in [-0.25, -0.2) is 0 Å². The molecule has 0 bridgehead atoms. The van der Waals surface area contributed by atoms with Crippen LogP contribution in [0.1, 0.15) is 5.56 Å². The van der Waals surface area contributed by atoms with Gasteiger partial charge in [-0.05, 0) is 73.1 Å². The lowest BCUT2D eigenvalue weighted by atomic mass is 9.47. The second-order valence-electron chi connectivity index (χ2n) is 11.6. The fraction of sp³-hybridized carbons (Fsp3) is 0.0270. The zero-order valence-corrected chi connectivity index (χ0v) is 24.2. The van der Waals surface area contributed by atoms with Gasteiger partial charge in [-0.1, -0.05) is 60.7 Å². The first-order valence-corrected chi connectivity index (χ1v) is 15.1. The molecule has 6 aromatic carbocycles. The van der Waals surface area contributed by atoms with E-state index in [9.17, 15) is 0 Å². The monoisotopic (exact) mass is 583 g/mol. The minimum Gasteiger partial charge on any atom is -0.549 e. The van der Waals surface area contributed by atoms with E-state index >= 15 is 0 Å². The molecule has 0 atom stereocenters. The molecule has 0 saturated carbocycles. The van der Waals surface area contributed by atoms with Crippen molar-refractivity contribution in [1.29, 1.82) is 0 Å². The van der Waals surface area contributed by atoms with E-state index in [4.69, 9.17) is 23.5 Å². The van der Waals surface area contributed by atoms with Crippen LogP contribution < -0.4 is 50.3 Å². The number of para-hydroxylation sites is 5. The van der Waals surface area contributed by atoms with Gasteiger partial charge >= 0.3 is 13.8 Å². The van der Waals surface area contributed by atoms with Crippen molar-refractivity contribution in [2.75, 3.05) is 4.90 Å². The summed E-state index contributed by atoms with van der Waals surface area (Å²) in [4.78, 5) is 2.30. The fourth-order valence-corrected chi connectivity index (χ4v) is 7.10. The molecule has 10 rings (SSSR count). The number of rotatable bonds is 1. The number of fused-ring (bicyclic) bond motifs is 6. The summed E-state index contributed by atoms with van der Waals surface area (Å²) in [7, 11) is 0. The highest BCUT2D eigenvalue weighted by atomic mass is 16.5. The standard InChI is InChI=1S/C37H23B2NO5/c1-22-36-24(21-25-37(22)43-33-20-10-19-32-35(33)39(25)45-30-17-8-6-15-28(30)42-32)38-34-26(40(36)23-11-3-2-4-12-23)13-9-18-31(34)41-27-14-5-7-16-29(27)44-38/h2-21H,1H3. The van der Waals surface area contributed by atoms with Crippen LogP contribution in [0, 0.1) is 6.92 Å². The van der Waals surface area contributed by atoms with E-state index in [0.717, 1.165) is 67.5 Å². The zero-order chi connectivity index (χ0) is 29.6. The average Bonchev–Trinajstić information content (AvgIpc) is 3.36. The Morgan fingerprint density at radius 1 is 0.489 bits per heavy atom. The summed E-state index contributed by atoms with van der Waals surface area (Å²) in [5, 5.41) is 0. The second kappa shape index (κ2) is 9.13. The van der Waals surface area contributed by atoms with E-state index in [-0.39, 0.29) is 0 Å². The van der Waals surface area contributed by atoms with E-state index in [1.54, 1.807) is 0 Å². The number of anilines is 3. The van der Waals surface area contributed by atoms with Crippen LogP contribution in [0.25, 0.3) is 0 Å². The fourth-order valence-electron chi connectivity index (χ4n) is 7.10. The van der Waals surface area contributed by atoms with Crippen LogP contribution in [0.5, 0.6) is 46.0 Å². The van der Waals surface area contributed by atoms with Gasteiger partial charge in [0.2, 0.25) is 0 Å². The van der Waals surface area contributed by atoms with Gasteiger partial charge in [0.25, 0.3) is 0 Å². The lowest BCUT2D eigenvalue weighted by Gasteiger charge is -2.39. The highest BCUT2D eigenvalue weighted by Crippen LogP contribution is 2.46. The number of nitrogens with zero attached hydrogens (tertiary/aromatic N) is 1. The predicted octanol–water partition coefficient (Wildman–Crippen LogP) is 6.46. The predicted molar refractivity (Wildman–Crippen MR) is 177 cm³/mol. The third kappa shape index (κ3) is 3.48. The van der Waals surface area contributed by atoms with Gasteiger partial charge in [-0.2, -0.15) is 0 Å². The van der Waals surface area contributed by atoms with Crippen LogP contribution in [-0.2, 0) is 0 Å². The Labute approximate surface area is 260 Å². The van der Waals surface area contributed by atoms with E-state index in [1.807, 2.05) is 84.9 Å². The highest BCUT2D eigenvalue weighted by Gasteiger charge is 2.47. The van der Waals surface area contributed by atoms with Crippen molar-refractivity contribution in [2.24, 2.45) is 0 Å². The normalized spacial score (nSPS) is 14.2. The topological polar surface area (TPSA) is 49.4 Å². The first-order valence-electron chi connectivity index (χ1n) is 15.1. The molecule has 4 aliphatic heterocycles. The molecule has 0 amide bonds. The Morgan fingerprint density at radius 3 is 1.71 bits per heavy atom. The van der Waals surface area contributed by atoms with Crippen molar-refractivity contribution in [3.05, 3.63) is 127 Å². The third-order valence-electron chi connectivity index (χ3n) is 9.02. The molecule has 0 unspecified atom stereocenters. The van der Waals surface area contributed by atoms with Gasteiger partial charge in [0.15, 0.2) is 11.5 Å². The SMILES string of the molecule is Cc1c2c(cc3c1N(c1ccccc1)c1cccc4c1B3Oc1ccccc1O4)B1Oc3ccccc3Oc3cccc(c31)O2. The Hall–Kier alpha value is -5.75. The maximum absolute atomic E-state index is 6.92. The minimum atomic E-state index is -0.455. The summed E-state index contributed by atoms with van der Waals surface area (Å²) in [5.41, 5.74) is 7.79. The molecule has 0 saturated heterocycles. The van der Waals surface area contributed by atoms with Crippen molar-refractivity contribution in [3.8, 4) is 46.0 Å². The second-order valence-corrected chi connectivity index (χ2v) is 11.6. The number of ether oxygens (including phenoxy) is 3. The third-order valence-corrected chi connectivity index (χ3v) is 9.02. The smallest absolute Gasteiger partial charge is 0.438 e. The van der Waals surface area contributed by atoms with E-state index in [2.05, 4.69) is 48.2 Å². The molecule has 0 aliphatic carbocycles. The Kier molecular flexibility index (Phi) is 5.00. The molecular weight excluding hydrogens is 560 g/mol. The zero-order valence-electron chi connectivity index (χ0n) is 24.2. The maximum Gasteiger partial charge on any atom is 0.438 e. The summed E-state index contributed by atoms with van der Waals surface area (Å²) >= 11 is 0. The number of hydrogen-bond acceptors (Lipinski definition) is 6. The van der Waals surface area contributed by atoms with Gasteiger partial charge in [-0.3, -0.25) is 0 Å². The quantitative estimate of drug-likeness (QED) is 0.207. The molecule has 0 radical (unpaired) electrons. The lowest BCUT2D eigenvalue weighted by molar-refractivity contribution is 0.462. The van der Waals surface area contributed by atoms with Crippen LogP contribution in [0.4, 0.5) is 17.1 Å². The molecule has 212 valence electrons. The number of benzene rings is 6. The largest absolute Gasteiger partial charge is 0.549 e. The molecule has 4 aliphatic rings. The van der Waals surface area contributed by atoms with E-state index < -0.39 is 13.8 Å². The maximum atomic E-state index is 6.92. The summed E-state index contributed by atoms with van der Waals surface area (Å²) in [6, 6.07) is 40.3. The van der Waals surface area contributed by atoms with Crippen LogP contribution in [0.3, 0.4) is 0 Å². The van der Waals surface area contributed by atoms with Gasteiger partial charge in [0, 0.05) is 27.9 Å². The average molecular weight is 583 g/mol. The minimum absolute atomic E-state index is 0.440. The Balaban J connectivity index is 1.27. The molecule has 8 heteroatoms. The molecule has 6 aromatic rings. The Morgan fingerprint density at radius 2 is 1.02 bits per heavy atom. The van der Waals surface area contributed by atoms with Crippen LogP contribution in [-0.4, -0.2) is 13.8 Å². The number of hydrogen-bond donors (Lipinski definition) is 0. The molecule has 4 heterocycles. The molecule has 6 nitrogen and oxygen atoms in total. The summed E-state index contributed by atoms with van der Waals surface area (Å²) in [6.45, 7) is 1.23. The van der Waals surface area contributed by atoms with Gasteiger partial charge in [0.1, 0.15) is 34.5 Å². The van der Waals surface area contributed by atoms with Crippen molar-refractivity contribution in [1.82, 2.24) is 0 Å². The van der Waals surface area contributed by atoms with Gasteiger partial charge in [-0.15, -0.1) is 0 Å². The van der Waals surface area contributed by atoms with Crippen LogP contribution in [0.2, 0.25) is 0 Å². The van der Waals surface area contributed by atoms with Crippen molar-refractivity contribution in [3.63, 3.8) is 0 Å². The van der Waals surface area contributed by atoms with Crippen LogP contribution in [0.15, 0.2) is 121 Å². The highest BCUT2D eigenvalue weighted by molar-refractivity contribution is 6.87. The lowest BCUT2D eigenvalue weighted by Crippen LogP contribution is -2.58. The first-order chi connectivity index (χ1) is 22.2. The molecular formula is C37H23B2NO5. The van der Waals surface area contributed by atoms with Gasteiger partial charge < -0.3 is 28.4 Å². The molecule has 0 fully saturated rings. The van der Waals surface area contributed by atoms with Gasteiger partial charge in [0.05, 0.1) is 11.2 Å². The summed E-state index contributed by atoms with van der Waals surface area (Å²) < 4.78 is 33.5. The molecule has 45 heavy (non-hydrogen) atoms. The van der Waals surface area contributed by atoms with E-state index in [0.29, 0.717) is 23.0 Å². The van der Waals surface area contributed by atoms with Crippen LogP contribution >= 0.6 is 0 Å². The van der Waals surface area contributed by atoms with Crippen molar-refractivity contribution in [2.45, 2.75) is 6.92 Å². The molecule has 0 aromatic heterocycles. The summed E-state index contributed by atoms with van der Waals surface area (Å²) in [6.07, 6.45) is 0. The molecule has 0 N–H and O–H groups in total.